The Morgan fingerprint density at radius 3 is 1.23 bits per heavy atom. The Balaban J connectivity index is 0. The van der Waals surface area contributed by atoms with E-state index in [9.17, 15) is 0 Å². The molecular weight excluding hydrogens is 277 g/mol. The molecule has 0 aromatic heterocycles. The monoisotopic (exact) mass is 282 g/mol. The van der Waals surface area contributed by atoms with Crippen LogP contribution >= 0.6 is 58.8 Å². The summed E-state index contributed by atoms with van der Waals surface area (Å²) in [6.07, 6.45) is 0. The first-order valence-electron chi connectivity index (χ1n) is 2.75. The van der Waals surface area contributed by atoms with Gasteiger partial charge in [0.1, 0.15) is 0 Å². The van der Waals surface area contributed by atoms with Crippen LogP contribution in [0.2, 0.25) is 20.1 Å². The molecule has 76 valence electrons. The van der Waals surface area contributed by atoms with Crippen molar-refractivity contribution in [2.75, 3.05) is 0 Å². The molecule has 1 rings (SSSR count). The van der Waals surface area contributed by atoms with Gasteiger partial charge in [0.05, 0.1) is 20.1 Å². The first-order chi connectivity index (χ1) is 5.63. The summed E-state index contributed by atoms with van der Waals surface area (Å²) in [5, 5.41) is 1.43. The lowest BCUT2D eigenvalue weighted by atomic mass is 10.4. The highest BCUT2D eigenvalue weighted by atomic mass is 35.5. The van der Waals surface area contributed by atoms with Gasteiger partial charge in [-0.25, -0.2) is 0 Å². The Morgan fingerprint density at radius 1 is 0.769 bits per heavy atom. The van der Waals surface area contributed by atoms with Crippen LogP contribution < -0.4 is 11.7 Å². The van der Waals surface area contributed by atoms with E-state index < -0.39 is 0 Å². The van der Waals surface area contributed by atoms with Crippen molar-refractivity contribution in [1.82, 2.24) is 0 Å². The van der Waals surface area contributed by atoms with Crippen molar-refractivity contribution in [3.8, 4) is 0 Å². The molecule has 7 heteroatoms. The van der Waals surface area contributed by atoms with Crippen LogP contribution in [0.25, 0.3) is 0 Å². The zero-order chi connectivity index (χ0) is 9.72. The molecule has 0 amide bonds. The normalized spacial score (nSPS) is 8.15. The largest absolute Gasteiger partial charge is 0.274 e. The molecule has 4 N–H and O–H groups in total. The fourth-order valence-electron chi connectivity index (χ4n) is 0.502. The standard InChI is InChI=1S/C6H2Cl4.ClH.H4N2/c7-3-1-2-4(8)6(10)5(3)9;;1-2/h1-2H;1H;1-2H2. The Labute approximate surface area is 102 Å². The Hall–Kier alpha value is 0.590. The van der Waals surface area contributed by atoms with E-state index in [0.717, 1.165) is 0 Å². The summed E-state index contributed by atoms with van der Waals surface area (Å²) in [6, 6.07) is 3.19. The molecule has 2 nitrogen and oxygen atoms in total. The molecule has 0 fully saturated rings. The molecule has 0 saturated carbocycles. The second-order valence-corrected chi connectivity index (χ2v) is 3.23. The Bertz CT molecular complexity index is 238. The summed E-state index contributed by atoms with van der Waals surface area (Å²) in [6.45, 7) is 0. The number of nitrogens with two attached hydrogens (primary N) is 2. The predicted molar refractivity (Wildman–Crippen MR) is 62.1 cm³/mol. The number of rotatable bonds is 0. The van der Waals surface area contributed by atoms with Crippen LogP contribution in [0.1, 0.15) is 0 Å². The molecule has 1 aromatic carbocycles. The van der Waals surface area contributed by atoms with Gasteiger partial charge in [0.25, 0.3) is 0 Å². The SMILES string of the molecule is Cl.Clc1ccc(Cl)c(Cl)c1Cl.NN. The molecule has 0 radical (unpaired) electrons. The minimum atomic E-state index is 0. The van der Waals surface area contributed by atoms with Crippen molar-refractivity contribution in [3.63, 3.8) is 0 Å². The van der Waals surface area contributed by atoms with E-state index in [0.29, 0.717) is 20.1 Å². The molecule has 13 heavy (non-hydrogen) atoms. The van der Waals surface area contributed by atoms with E-state index in [1.54, 1.807) is 12.1 Å². The van der Waals surface area contributed by atoms with Gasteiger partial charge in [-0.05, 0) is 12.1 Å². The van der Waals surface area contributed by atoms with E-state index in [1.165, 1.54) is 0 Å². The quantitative estimate of drug-likeness (QED) is 0.331. The first-order valence-corrected chi connectivity index (χ1v) is 4.26. The summed E-state index contributed by atoms with van der Waals surface area (Å²) in [5.74, 6) is 8.00. The molecule has 1 aromatic rings. The van der Waals surface area contributed by atoms with Gasteiger partial charge in [-0.2, -0.15) is 0 Å². The Morgan fingerprint density at radius 2 is 1.00 bits per heavy atom. The number of halogens is 5. The third-order valence-electron chi connectivity index (χ3n) is 0.988. The molecule has 0 saturated heterocycles. The lowest BCUT2D eigenvalue weighted by Gasteiger charge is -1.98. The van der Waals surface area contributed by atoms with Gasteiger partial charge < -0.3 is 0 Å². The third kappa shape index (κ3) is 4.56. The van der Waals surface area contributed by atoms with Crippen LogP contribution in [0, 0.1) is 0 Å². The summed E-state index contributed by atoms with van der Waals surface area (Å²) in [5.41, 5.74) is 0. The molecule has 0 aliphatic heterocycles. The highest BCUT2D eigenvalue weighted by molar-refractivity contribution is 6.51. The van der Waals surface area contributed by atoms with Crippen molar-refractivity contribution in [1.29, 1.82) is 0 Å². The minimum Gasteiger partial charge on any atom is -0.274 e. The topological polar surface area (TPSA) is 52.0 Å². The third-order valence-corrected chi connectivity index (χ3v) is 2.69. The number of hydrogen-bond acceptors (Lipinski definition) is 2. The van der Waals surface area contributed by atoms with Gasteiger partial charge in [0.15, 0.2) is 0 Å². The van der Waals surface area contributed by atoms with Crippen molar-refractivity contribution >= 4 is 58.8 Å². The van der Waals surface area contributed by atoms with Gasteiger partial charge in [-0.3, -0.25) is 11.7 Å². The van der Waals surface area contributed by atoms with E-state index in [2.05, 4.69) is 11.7 Å². The summed E-state index contributed by atoms with van der Waals surface area (Å²) in [7, 11) is 0. The van der Waals surface area contributed by atoms with Gasteiger partial charge in [-0.1, -0.05) is 46.4 Å². The molecule has 0 spiro atoms. The van der Waals surface area contributed by atoms with Crippen LogP contribution in [-0.2, 0) is 0 Å². The summed E-state index contributed by atoms with van der Waals surface area (Å²) in [4.78, 5) is 0. The van der Waals surface area contributed by atoms with Crippen LogP contribution in [0.5, 0.6) is 0 Å². The van der Waals surface area contributed by atoms with E-state index >= 15 is 0 Å². The highest BCUT2D eigenvalue weighted by Gasteiger charge is 2.05. The predicted octanol–water partition coefficient (Wildman–Crippen LogP) is 3.54. The van der Waals surface area contributed by atoms with Gasteiger partial charge >= 0.3 is 0 Å². The summed E-state index contributed by atoms with van der Waals surface area (Å²) >= 11 is 22.5. The van der Waals surface area contributed by atoms with Gasteiger partial charge in [0, 0.05) is 0 Å². The second-order valence-electron chi connectivity index (χ2n) is 1.66. The average Bonchev–Trinajstić information content (AvgIpc) is 2.12. The number of hydrazine groups is 1. The van der Waals surface area contributed by atoms with Crippen LogP contribution in [0.15, 0.2) is 12.1 Å². The molecule has 0 unspecified atom stereocenters. The molecule has 0 bridgehead atoms. The van der Waals surface area contributed by atoms with Gasteiger partial charge in [0.2, 0.25) is 0 Å². The van der Waals surface area contributed by atoms with E-state index in [-0.39, 0.29) is 12.4 Å². The minimum absolute atomic E-state index is 0. The average molecular weight is 284 g/mol. The second kappa shape index (κ2) is 7.94. The van der Waals surface area contributed by atoms with Crippen LogP contribution in [-0.4, -0.2) is 0 Å². The fourth-order valence-corrected chi connectivity index (χ4v) is 1.24. The van der Waals surface area contributed by atoms with Crippen molar-refractivity contribution in [3.05, 3.63) is 32.2 Å². The highest BCUT2D eigenvalue weighted by Crippen LogP contribution is 2.34. The zero-order valence-electron chi connectivity index (χ0n) is 6.23. The van der Waals surface area contributed by atoms with Crippen molar-refractivity contribution in [2.45, 2.75) is 0 Å². The maximum atomic E-state index is 5.63. The molecule has 0 aliphatic carbocycles. The Kier molecular flexibility index (Phi) is 9.80. The van der Waals surface area contributed by atoms with Crippen LogP contribution in [0.4, 0.5) is 0 Å². The smallest absolute Gasteiger partial charge is 0.0793 e. The fraction of sp³-hybridized carbons (Fsp3) is 0. The maximum absolute atomic E-state index is 5.63. The zero-order valence-corrected chi connectivity index (χ0v) is 10.1. The molecule has 0 heterocycles. The van der Waals surface area contributed by atoms with Crippen molar-refractivity contribution in [2.24, 2.45) is 11.7 Å². The van der Waals surface area contributed by atoms with Crippen LogP contribution in [0.3, 0.4) is 0 Å². The van der Waals surface area contributed by atoms with Gasteiger partial charge in [-0.15, -0.1) is 12.4 Å². The number of hydrogen-bond donors (Lipinski definition) is 2. The van der Waals surface area contributed by atoms with E-state index in [4.69, 9.17) is 46.4 Å². The molecule has 0 aliphatic rings. The first kappa shape index (κ1) is 16.0. The van der Waals surface area contributed by atoms with Crippen molar-refractivity contribution < 1.29 is 0 Å². The molecular formula is C6H7Cl5N2. The lowest BCUT2D eigenvalue weighted by molar-refractivity contribution is 1.26. The summed E-state index contributed by atoms with van der Waals surface area (Å²) < 4.78 is 0. The maximum Gasteiger partial charge on any atom is 0.0793 e. The lowest BCUT2D eigenvalue weighted by Crippen LogP contribution is -2.02. The van der Waals surface area contributed by atoms with E-state index in [1.807, 2.05) is 0 Å². The molecule has 0 atom stereocenters. The number of benzene rings is 1.